The highest BCUT2D eigenvalue weighted by Crippen LogP contribution is 2.71. The third-order valence-electron chi connectivity index (χ3n) is 10.5. The number of rotatable bonds is 3. The van der Waals surface area contributed by atoms with Crippen molar-refractivity contribution in [3.63, 3.8) is 0 Å². The normalized spacial score (nSPS) is 47.4. The minimum atomic E-state index is -3.32. The van der Waals surface area contributed by atoms with Gasteiger partial charge in [-0.3, -0.25) is 0 Å². The molecule has 7 nitrogen and oxygen atoms in total. The van der Waals surface area contributed by atoms with Gasteiger partial charge in [-0.2, -0.15) is 0 Å². The lowest BCUT2D eigenvalue weighted by atomic mass is 9.42. The van der Waals surface area contributed by atoms with Gasteiger partial charge in [-0.1, -0.05) is 13.8 Å². The first-order chi connectivity index (χ1) is 15.3. The Morgan fingerprint density at radius 2 is 1.67 bits per heavy atom. The first-order valence-corrected chi connectivity index (χ1v) is 14.2. The van der Waals surface area contributed by atoms with Crippen LogP contribution in [-0.4, -0.2) is 42.1 Å². The maximum atomic E-state index is 12.3. The van der Waals surface area contributed by atoms with Crippen molar-refractivity contribution in [3.05, 3.63) is 34.4 Å². The van der Waals surface area contributed by atoms with E-state index < -0.39 is 21.2 Å². The van der Waals surface area contributed by atoms with Gasteiger partial charge in [-0.05, 0) is 92.6 Å². The first-order valence-electron chi connectivity index (χ1n) is 12.3. The van der Waals surface area contributed by atoms with Crippen LogP contribution in [0.3, 0.4) is 0 Å². The van der Waals surface area contributed by atoms with Crippen LogP contribution in [0.1, 0.15) is 83.1 Å². The van der Waals surface area contributed by atoms with Crippen LogP contribution in [0.25, 0.3) is 0 Å². The number of hydrogen-bond donors (Lipinski definition) is 3. The number of fused-ring (bicyclic) bond motifs is 5. The first kappa shape index (κ1) is 23.5. The van der Waals surface area contributed by atoms with Gasteiger partial charge < -0.3 is 14.6 Å². The summed E-state index contributed by atoms with van der Waals surface area (Å²) in [5.74, 6) is 0.429. The van der Waals surface area contributed by atoms with Crippen LogP contribution in [-0.2, 0) is 10.0 Å². The molecule has 0 amide bonds. The maximum absolute atomic E-state index is 12.3. The Bertz CT molecular complexity index is 1080. The van der Waals surface area contributed by atoms with Gasteiger partial charge >= 0.3 is 5.63 Å². The van der Waals surface area contributed by atoms with E-state index in [2.05, 4.69) is 18.6 Å². The zero-order chi connectivity index (χ0) is 23.9. The van der Waals surface area contributed by atoms with Crippen molar-refractivity contribution in [1.29, 1.82) is 0 Å². The van der Waals surface area contributed by atoms with Crippen molar-refractivity contribution in [1.82, 2.24) is 4.72 Å². The Kier molecular flexibility index (Phi) is 5.27. The summed E-state index contributed by atoms with van der Waals surface area (Å²) >= 11 is 0. The van der Waals surface area contributed by atoms with E-state index in [1.54, 1.807) is 6.26 Å². The molecule has 4 saturated carbocycles. The summed E-state index contributed by atoms with van der Waals surface area (Å²) in [6.45, 7) is 4.37. The zero-order valence-corrected chi connectivity index (χ0v) is 20.7. The third kappa shape index (κ3) is 3.39. The van der Waals surface area contributed by atoms with Crippen LogP contribution in [0.15, 0.2) is 27.6 Å². The zero-order valence-electron chi connectivity index (χ0n) is 19.8. The van der Waals surface area contributed by atoms with E-state index in [9.17, 15) is 23.4 Å². The molecule has 4 aliphatic carbocycles. The minimum absolute atomic E-state index is 0.0988. The molecule has 8 heteroatoms. The molecule has 1 heterocycles. The molecule has 0 radical (unpaired) electrons. The number of hydrogen-bond acceptors (Lipinski definition) is 6. The van der Waals surface area contributed by atoms with Crippen molar-refractivity contribution in [2.75, 3.05) is 6.26 Å². The SMILES string of the molecule is C[C@]12CC[C@H](NS(C)(=O)=O)C[C@@]1(O)CC[C@@H]1[C@@H]2CC[C@]2(C)[C@@H](c3ccc(=O)oc3)CC[C@]12O. The highest BCUT2D eigenvalue weighted by Gasteiger charge is 2.69. The highest BCUT2D eigenvalue weighted by atomic mass is 32.2. The average Bonchev–Trinajstić information content (AvgIpc) is 3.00. The second-order valence-electron chi connectivity index (χ2n) is 11.9. The standard InChI is InChI=1S/C25H37NO6S/c1-22-10-6-17(26-33(3,30)31)14-24(22,28)12-8-20-19(22)7-11-23(2)18(9-13-25(20,23)29)16-4-5-21(27)32-15-16/h4-5,15,17-20,26,28-29H,6-14H2,1-3H3/t17-,18+,19-,20+,22+,23+,24-,25-/m0/s1. The molecule has 1 aromatic heterocycles. The summed E-state index contributed by atoms with van der Waals surface area (Å²) in [5, 5.41) is 24.1. The molecule has 0 bridgehead atoms. The van der Waals surface area contributed by atoms with E-state index in [1.165, 1.54) is 12.3 Å². The summed E-state index contributed by atoms with van der Waals surface area (Å²) < 4.78 is 31.5. The smallest absolute Gasteiger partial charge is 0.335 e. The van der Waals surface area contributed by atoms with E-state index in [0.29, 0.717) is 25.7 Å². The number of nitrogens with one attached hydrogen (secondary N) is 1. The Morgan fingerprint density at radius 1 is 0.970 bits per heavy atom. The summed E-state index contributed by atoms with van der Waals surface area (Å²) in [5.41, 5.74) is -1.79. The fourth-order valence-electron chi connectivity index (χ4n) is 8.73. The molecule has 184 valence electrons. The van der Waals surface area contributed by atoms with E-state index in [-0.39, 0.29) is 40.3 Å². The van der Waals surface area contributed by atoms with Crippen molar-refractivity contribution in [2.24, 2.45) is 22.7 Å². The summed E-state index contributed by atoms with van der Waals surface area (Å²) in [6.07, 6.45) is 9.29. The topological polar surface area (TPSA) is 117 Å². The van der Waals surface area contributed by atoms with Gasteiger partial charge in [-0.25, -0.2) is 17.9 Å². The van der Waals surface area contributed by atoms with Crippen LogP contribution in [0, 0.1) is 22.7 Å². The summed E-state index contributed by atoms with van der Waals surface area (Å²) in [7, 11) is -3.32. The Labute approximate surface area is 196 Å². The molecule has 8 atom stereocenters. The van der Waals surface area contributed by atoms with E-state index >= 15 is 0 Å². The monoisotopic (exact) mass is 479 g/mol. The molecule has 3 N–H and O–H groups in total. The molecule has 1 aromatic rings. The van der Waals surface area contributed by atoms with E-state index in [1.807, 2.05) is 6.07 Å². The molecule has 0 aliphatic heterocycles. The predicted molar refractivity (Wildman–Crippen MR) is 124 cm³/mol. The van der Waals surface area contributed by atoms with Gasteiger partial charge in [0.25, 0.3) is 0 Å². The van der Waals surface area contributed by atoms with Crippen LogP contribution in [0.2, 0.25) is 0 Å². The van der Waals surface area contributed by atoms with Gasteiger partial charge in [-0.15, -0.1) is 0 Å². The molecule has 0 spiro atoms. The molecule has 0 unspecified atom stereocenters. The van der Waals surface area contributed by atoms with Crippen LogP contribution < -0.4 is 10.3 Å². The van der Waals surface area contributed by atoms with Crippen LogP contribution in [0.4, 0.5) is 0 Å². The highest BCUT2D eigenvalue weighted by molar-refractivity contribution is 7.88. The molecular weight excluding hydrogens is 442 g/mol. The molecule has 0 saturated heterocycles. The molecule has 0 aromatic carbocycles. The van der Waals surface area contributed by atoms with Crippen molar-refractivity contribution in [3.8, 4) is 0 Å². The van der Waals surface area contributed by atoms with Gasteiger partial charge in [0.1, 0.15) is 0 Å². The van der Waals surface area contributed by atoms with E-state index in [0.717, 1.165) is 37.7 Å². The summed E-state index contributed by atoms with van der Waals surface area (Å²) in [4.78, 5) is 11.5. The lowest BCUT2D eigenvalue weighted by molar-refractivity contribution is -0.246. The second kappa shape index (κ2) is 7.39. The second-order valence-corrected chi connectivity index (χ2v) is 13.7. The van der Waals surface area contributed by atoms with Crippen molar-refractivity contribution < 1.29 is 23.0 Å². The average molecular weight is 480 g/mol. The van der Waals surface area contributed by atoms with Gasteiger partial charge in [0.05, 0.1) is 23.7 Å². The minimum Gasteiger partial charge on any atom is -0.431 e. The number of sulfonamides is 1. The predicted octanol–water partition coefficient (Wildman–Crippen LogP) is 2.91. The van der Waals surface area contributed by atoms with Gasteiger partial charge in [0, 0.05) is 17.5 Å². The Balaban J connectivity index is 1.44. The lowest BCUT2D eigenvalue weighted by Gasteiger charge is -2.66. The van der Waals surface area contributed by atoms with Crippen molar-refractivity contribution in [2.45, 2.75) is 94.8 Å². The molecule has 4 aliphatic rings. The Hall–Kier alpha value is -1.22. The van der Waals surface area contributed by atoms with Gasteiger partial charge in [0.15, 0.2) is 0 Å². The Morgan fingerprint density at radius 3 is 2.33 bits per heavy atom. The van der Waals surface area contributed by atoms with Crippen LogP contribution >= 0.6 is 0 Å². The maximum Gasteiger partial charge on any atom is 0.335 e. The third-order valence-corrected chi connectivity index (χ3v) is 11.3. The number of aliphatic hydroxyl groups is 2. The summed E-state index contributed by atoms with van der Waals surface area (Å²) in [6, 6.07) is 3.07. The fourth-order valence-corrected chi connectivity index (χ4v) is 9.54. The largest absolute Gasteiger partial charge is 0.431 e. The van der Waals surface area contributed by atoms with Gasteiger partial charge in [0.2, 0.25) is 10.0 Å². The van der Waals surface area contributed by atoms with Crippen molar-refractivity contribution >= 4 is 10.0 Å². The van der Waals surface area contributed by atoms with E-state index in [4.69, 9.17) is 4.42 Å². The lowest BCUT2D eigenvalue weighted by Crippen LogP contribution is -2.67. The molecular formula is C25H37NO6S. The molecule has 4 fully saturated rings. The molecule has 5 rings (SSSR count). The fraction of sp³-hybridized carbons (Fsp3) is 0.800. The molecule has 33 heavy (non-hydrogen) atoms. The van der Waals surface area contributed by atoms with Crippen LogP contribution in [0.5, 0.6) is 0 Å². The quantitative estimate of drug-likeness (QED) is 0.614.